The third kappa shape index (κ3) is 7.55. The summed E-state index contributed by atoms with van der Waals surface area (Å²) in [6.45, 7) is 11.8. The van der Waals surface area contributed by atoms with Crippen molar-refractivity contribution in [3.63, 3.8) is 0 Å². The molecule has 170 valence electrons. The number of nitriles is 1. The Hall–Kier alpha value is -2.59. The fraction of sp³-hybridized carbons (Fsp3) is 0.625. The molecular formula is C24H36N4O3. The highest BCUT2D eigenvalue weighted by Gasteiger charge is 2.29. The molecule has 0 atom stereocenters. The highest BCUT2D eigenvalue weighted by Crippen LogP contribution is 2.22. The summed E-state index contributed by atoms with van der Waals surface area (Å²) in [4.78, 5) is 31.0. The molecular weight excluding hydrogens is 392 g/mol. The van der Waals surface area contributed by atoms with Crippen LogP contribution in [0.4, 0.5) is 10.5 Å². The standard InChI is InChI=1S/C24H36N4O3/c1-18-14-19(2)16-21(15-18)28(11-7-10-25)22(29)17-27-12-8-20(9-13-27)26(6)23(30)31-24(3,4)5/h14-16,20H,7-9,11-13,17H2,1-6H3. The van der Waals surface area contributed by atoms with Crippen molar-refractivity contribution in [1.29, 1.82) is 5.26 Å². The number of hydrogen-bond donors (Lipinski definition) is 0. The van der Waals surface area contributed by atoms with Gasteiger partial charge in [-0.15, -0.1) is 0 Å². The van der Waals surface area contributed by atoms with Crippen molar-refractivity contribution in [2.24, 2.45) is 0 Å². The average Bonchev–Trinajstić information content (AvgIpc) is 2.66. The minimum atomic E-state index is -0.514. The zero-order valence-electron chi connectivity index (χ0n) is 19.8. The largest absolute Gasteiger partial charge is 0.444 e. The van der Waals surface area contributed by atoms with Gasteiger partial charge in [0.2, 0.25) is 5.91 Å². The maximum absolute atomic E-state index is 13.1. The number of anilines is 1. The molecule has 1 fully saturated rings. The fourth-order valence-corrected chi connectivity index (χ4v) is 3.89. The second-order valence-electron chi connectivity index (χ2n) is 9.40. The summed E-state index contributed by atoms with van der Waals surface area (Å²) in [5.74, 6) is -0.000744. The Kier molecular flexibility index (Phi) is 8.46. The van der Waals surface area contributed by atoms with E-state index in [4.69, 9.17) is 10.00 Å². The Balaban J connectivity index is 1.97. The van der Waals surface area contributed by atoms with Crippen molar-refractivity contribution in [3.05, 3.63) is 29.3 Å². The molecule has 0 unspecified atom stereocenters. The van der Waals surface area contributed by atoms with Crippen LogP contribution in [0.15, 0.2) is 18.2 Å². The van der Waals surface area contributed by atoms with Crippen molar-refractivity contribution < 1.29 is 14.3 Å². The number of carbonyl (C=O) groups excluding carboxylic acids is 2. The Bertz CT molecular complexity index is 797. The molecule has 1 aromatic rings. The first-order valence-corrected chi connectivity index (χ1v) is 10.9. The van der Waals surface area contributed by atoms with Crippen molar-refractivity contribution >= 4 is 17.7 Å². The van der Waals surface area contributed by atoms with Crippen LogP contribution in [-0.2, 0) is 9.53 Å². The molecule has 0 bridgehead atoms. The van der Waals surface area contributed by atoms with Crippen LogP contribution < -0.4 is 4.90 Å². The van der Waals surface area contributed by atoms with Crippen molar-refractivity contribution in [1.82, 2.24) is 9.80 Å². The number of piperidine rings is 1. The summed E-state index contributed by atoms with van der Waals surface area (Å²) in [6.07, 6.45) is 1.58. The monoisotopic (exact) mass is 428 g/mol. The van der Waals surface area contributed by atoms with Gasteiger partial charge in [0.25, 0.3) is 0 Å². The summed E-state index contributed by atoms with van der Waals surface area (Å²) in [7, 11) is 1.78. The zero-order valence-corrected chi connectivity index (χ0v) is 19.8. The lowest BCUT2D eigenvalue weighted by atomic mass is 10.0. The van der Waals surface area contributed by atoms with Gasteiger partial charge < -0.3 is 14.5 Å². The molecule has 1 aromatic carbocycles. The molecule has 7 nitrogen and oxygen atoms in total. The van der Waals surface area contributed by atoms with Crippen LogP contribution in [0.1, 0.15) is 51.2 Å². The number of hydrogen-bond acceptors (Lipinski definition) is 5. The minimum absolute atomic E-state index is 0.000744. The molecule has 0 aromatic heterocycles. The summed E-state index contributed by atoms with van der Waals surface area (Å²) < 4.78 is 5.47. The minimum Gasteiger partial charge on any atom is -0.444 e. The molecule has 7 heteroatoms. The second kappa shape index (κ2) is 10.6. The van der Waals surface area contributed by atoms with Crippen LogP contribution in [0, 0.1) is 25.2 Å². The second-order valence-corrected chi connectivity index (χ2v) is 9.40. The van der Waals surface area contributed by atoms with Gasteiger partial charge >= 0.3 is 6.09 Å². The number of benzene rings is 1. The first kappa shape index (κ1) is 24.7. The molecule has 0 radical (unpaired) electrons. The third-order valence-corrected chi connectivity index (χ3v) is 5.41. The van der Waals surface area contributed by atoms with Gasteiger partial charge in [-0.1, -0.05) is 6.07 Å². The van der Waals surface area contributed by atoms with E-state index < -0.39 is 5.60 Å². The molecule has 1 saturated heterocycles. The fourth-order valence-electron chi connectivity index (χ4n) is 3.89. The van der Waals surface area contributed by atoms with Crippen LogP contribution in [0.3, 0.4) is 0 Å². The van der Waals surface area contributed by atoms with Gasteiger partial charge in [-0.05, 0) is 70.7 Å². The van der Waals surface area contributed by atoms with Crippen LogP contribution in [0.2, 0.25) is 0 Å². The van der Waals surface area contributed by atoms with Gasteiger partial charge in [-0.3, -0.25) is 9.69 Å². The molecule has 2 rings (SSSR count). The normalized spacial score (nSPS) is 15.3. The van der Waals surface area contributed by atoms with E-state index >= 15 is 0 Å². The maximum Gasteiger partial charge on any atom is 0.410 e. The lowest BCUT2D eigenvalue weighted by Gasteiger charge is -2.37. The number of aryl methyl sites for hydroxylation is 2. The van der Waals surface area contributed by atoms with Gasteiger partial charge in [-0.2, -0.15) is 5.26 Å². The highest BCUT2D eigenvalue weighted by atomic mass is 16.6. The van der Waals surface area contributed by atoms with Crippen molar-refractivity contribution in [2.75, 3.05) is 38.1 Å². The Morgan fingerprint density at radius 2 is 1.74 bits per heavy atom. The van der Waals surface area contributed by atoms with E-state index in [1.54, 1.807) is 16.8 Å². The quantitative estimate of drug-likeness (QED) is 0.687. The lowest BCUT2D eigenvalue weighted by molar-refractivity contribution is -0.120. The number of likely N-dealkylation sites (tertiary alicyclic amines) is 1. The van der Waals surface area contributed by atoms with E-state index in [0.717, 1.165) is 42.7 Å². The van der Waals surface area contributed by atoms with Crippen LogP contribution in [0.5, 0.6) is 0 Å². The number of amides is 2. The molecule has 2 amide bonds. The molecule has 1 heterocycles. The molecule has 1 aliphatic heterocycles. The van der Waals surface area contributed by atoms with Crippen LogP contribution >= 0.6 is 0 Å². The first-order valence-electron chi connectivity index (χ1n) is 10.9. The number of rotatable bonds is 6. The average molecular weight is 429 g/mol. The van der Waals surface area contributed by atoms with E-state index in [1.807, 2.05) is 46.8 Å². The molecule has 0 aliphatic carbocycles. The number of nitrogens with zero attached hydrogens (tertiary/aromatic N) is 4. The predicted octanol–water partition coefficient (Wildman–Crippen LogP) is 3.88. The number of ether oxygens (including phenoxy) is 1. The van der Waals surface area contributed by atoms with Gasteiger partial charge in [0.15, 0.2) is 0 Å². The van der Waals surface area contributed by atoms with E-state index in [1.165, 1.54) is 0 Å². The van der Waals surface area contributed by atoms with E-state index in [0.29, 0.717) is 19.5 Å². The zero-order chi connectivity index (χ0) is 23.2. The first-order chi connectivity index (χ1) is 14.5. The molecule has 0 saturated carbocycles. The third-order valence-electron chi connectivity index (χ3n) is 5.41. The lowest BCUT2D eigenvalue weighted by Crippen LogP contribution is -2.49. The maximum atomic E-state index is 13.1. The summed E-state index contributed by atoms with van der Waals surface area (Å²) in [5.41, 5.74) is 2.52. The van der Waals surface area contributed by atoms with Crippen LogP contribution in [0.25, 0.3) is 0 Å². The summed E-state index contributed by atoms with van der Waals surface area (Å²) in [6, 6.07) is 8.30. The highest BCUT2D eigenvalue weighted by molar-refractivity contribution is 5.95. The van der Waals surface area contributed by atoms with Crippen molar-refractivity contribution in [2.45, 2.75) is 65.5 Å². The topological polar surface area (TPSA) is 76.9 Å². The van der Waals surface area contributed by atoms with E-state index in [2.05, 4.69) is 17.0 Å². The van der Waals surface area contributed by atoms with E-state index in [-0.39, 0.29) is 18.0 Å². The van der Waals surface area contributed by atoms with Gasteiger partial charge in [-0.25, -0.2) is 4.79 Å². The Labute approximate surface area is 186 Å². The molecule has 1 aliphatic rings. The van der Waals surface area contributed by atoms with Gasteiger partial charge in [0.1, 0.15) is 5.60 Å². The van der Waals surface area contributed by atoms with Gasteiger partial charge in [0.05, 0.1) is 19.0 Å². The molecule has 31 heavy (non-hydrogen) atoms. The van der Waals surface area contributed by atoms with Gasteiger partial charge in [0, 0.05) is 38.4 Å². The smallest absolute Gasteiger partial charge is 0.410 e. The van der Waals surface area contributed by atoms with E-state index in [9.17, 15) is 9.59 Å². The van der Waals surface area contributed by atoms with Crippen LogP contribution in [-0.4, -0.2) is 66.7 Å². The Morgan fingerprint density at radius 1 is 1.16 bits per heavy atom. The van der Waals surface area contributed by atoms with Crippen molar-refractivity contribution in [3.8, 4) is 6.07 Å². The summed E-state index contributed by atoms with van der Waals surface area (Å²) in [5, 5.41) is 9.03. The molecule has 0 N–H and O–H groups in total. The molecule has 0 spiro atoms. The Morgan fingerprint density at radius 3 is 2.26 bits per heavy atom. The number of carbonyl (C=O) groups is 2. The summed E-state index contributed by atoms with van der Waals surface area (Å²) >= 11 is 0. The SMILES string of the molecule is Cc1cc(C)cc(N(CCC#N)C(=O)CN2CCC(N(C)C(=O)OC(C)(C)C)CC2)c1. The predicted molar refractivity (Wildman–Crippen MR) is 122 cm³/mol.